The summed E-state index contributed by atoms with van der Waals surface area (Å²) in [5.41, 5.74) is 2.58. The van der Waals surface area contributed by atoms with Gasteiger partial charge in [-0.2, -0.15) is 0 Å². The number of fused-ring (bicyclic) bond motifs is 1. The minimum absolute atomic E-state index is 0.270. The normalized spacial score (nSPS) is 12.8. The van der Waals surface area contributed by atoms with Crippen LogP contribution in [0.1, 0.15) is 25.0 Å². The Kier molecular flexibility index (Phi) is 5.32. The number of carboxylic acid groups (broad SMARTS) is 1. The number of esters is 1. The highest BCUT2D eigenvalue weighted by Crippen LogP contribution is 2.20. The van der Waals surface area contributed by atoms with Crippen LogP contribution in [0.15, 0.2) is 18.2 Å². The topological polar surface area (TPSA) is 75.6 Å². The minimum Gasteiger partial charge on any atom is -0.481 e. The molecular weight excluding hydrogens is 234 g/mol. The summed E-state index contributed by atoms with van der Waals surface area (Å²) < 4.78 is 5.01. The second-order valence-corrected chi connectivity index (χ2v) is 3.97. The molecule has 98 valence electrons. The highest BCUT2D eigenvalue weighted by Gasteiger charge is 2.09. The van der Waals surface area contributed by atoms with E-state index < -0.39 is 5.97 Å². The molecule has 2 rings (SSSR count). The van der Waals surface area contributed by atoms with Gasteiger partial charge in [-0.3, -0.25) is 9.59 Å². The first-order valence-corrected chi connectivity index (χ1v) is 5.69. The van der Waals surface area contributed by atoms with Gasteiger partial charge < -0.3 is 15.2 Å². The lowest BCUT2D eigenvalue weighted by Crippen LogP contribution is -2.23. The van der Waals surface area contributed by atoms with Crippen molar-refractivity contribution in [3.63, 3.8) is 0 Å². The number of nitrogens with one attached hydrogen (secondary N) is 1. The molecule has 0 radical (unpaired) electrons. The predicted octanol–water partition coefficient (Wildman–Crippen LogP) is 1.35. The summed E-state index contributed by atoms with van der Waals surface area (Å²) in [7, 11) is 0. The van der Waals surface area contributed by atoms with Gasteiger partial charge in [0, 0.05) is 20.4 Å². The first-order chi connectivity index (χ1) is 8.49. The molecule has 0 saturated heterocycles. The largest absolute Gasteiger partial charge is 0.481 e. The molecule has 2 N–H and O–H groups in total. The standard InChI is InChI=1S/C11H13NO2.C2H4O2/c1-8(13)14-11-3-2-9-4-5-12-7-10(9)6-11;1-2(3)4/h2-3,6,12H,4-5,7H2,1H3;1H3,(H,3,4). The zero-order valence-electron chi connectivity index (χ0n) is 10.5. The van der Waals surface area contributed by atoms with Crippen molar-refractivity contribution in [1.29, 1.82) is 0 Å². The molecule has 0 unspecified atom stereocenters. The van der Waals surface area contributed by atoms with Gasteiger partial charge in [0.05, 0.1) is 0 Å². The highest BCUT2D eigenvalue weighted by atomic mass is 16.5. The summed E-state index contributed by atoms with van der Waals surface area (Å²) in [5.74, 6) is -0.464. The molecule has 5 heteroatoms. The van der Waals surface area contributed by atoms with Crippen LogP contribution < -0.4 is 10.1 Å². The zero-order chi connectivity index (χ0) is 13.5. The Morgan fingerprint density at radius 1 is 1.28 bits per heavy atom. The average molecular weight is 251 g/mol. The van der Waals surface area contributed by atoms with Crippen LogP contribution in [-0.2, 0) is 22.6 Å². The van der Waals surface area contributed by atoms with E-state index in [0.29, 0.717) is 5.75 Å². The molecule has 0 amide bonds. The van der Waals surface area contributed by atoms with Crippen molar-refractivity contribution in [2.24, 2.45) is 0 Å². The molecule has 1 heterocycles. The van der Waals surface area contributed by atoms with Crippen molar-refractivity contribution in [2.75, 3.05) is 6.54 Å². The summed E-state index contributed by atoms with van der Waals surface area (Å²) in [4.78, 5) is 19.7. The van der Waals surface area contributed by atoms with Crippen LogP contribution in [0.2, 0.25) is 0 Å². The Labute approximate surface area is 106 Å². The maximum Gasteiger partial charge on any atom is 0.308 e. The van der Waals surface area contributed by atoms with Gasteiger partial charge in [-0.25, -0.2) is 0 Å². The van der Waals surface area contributed by atoms with Crippen LogP contribution >= 0.6 is 0 Å². The van der Waals surface area contributed by atoms with E-state index in [-0.39, 0.29) is 5.97 Å². The molecular formula is C13H17NO4. The number of ether oxygens (including phenoxy) is 1. The van der Waals surface area contributed by atoms with E-state index in [0.717, 1.165) is 26.4 Å². The van der Waals surface area contributed by atoms with Gasteiger partial charge in [-0.05, 0) is 36.2 Å². The van der Waals surface area contributed by atoms with E-state index in [2.05, 4.69) is 5.32 Å². The molecule has 0 bridgehead atoms. The van der Waals surface area contributed by atoms with Gasteiger partial charge in [-0.15, -0.1) is 0 Å². The van der Waals surface area contributed by atoms with E-state index in [9.17, 15) is 4.79 Å². The fourth-order valence-corrected chi connectivity index (χ4v) is 1.69. The molecule has 5 nitrogen and oxygen atoms in total. The van der Waals surface area contributed by atoms with E-state index in [1.54, 1.807) is 0 Å². The van der Waals surface area contributed by atoms with Gasteiger partial charge in [0.2, 0.25) is 0 Å². The lowest BCUT2D eigenvalue weighted by atomic mass is 10.0. The molecule has 1 aromatic carbocycles. The maximum atomic E-state index is 10.7. The number of carboxylic acids is 1. The van der Waals surface area contributed by atoms with Crippen molar-refractivity contribution in [2.45, 2.75) is 26.8 Å². The molecule has 18 heavy (non-hydrogen) atoms. The number of carbonyl (C=O) groups is 2. The maximum absolute atomic E-state index is 10.7. The van der Waals surface area contributed by atoms with Crippen molar-refractivity contribution in [3.8, 4) is 5.75 Å². The number of carbonyl (C=O) groups excluding carboxylic acids is 1. The monoisotopic (exact) mass is 251 g/mol. The quantitative estimate of drug-likeness (QED) is 0.582. The Morgan fingerprint density at radius 3 is 2.56 bits per heavy atom. The third kappa shape index (κ3) is 4.97. The van der Waals surface area contributed by atoms with Crippen molar-refractivity contribution < 1.29 is 19.4 Å². The fraction of sp³-hybridized carbons (Fsp3) is 0.385. The number of benzene rings is 1. The SMILES string of the molecule is CC(=O)O.CC(=O)Oc1ccc2c(c1)CNCC2. The molecule has 1 aliphatic heterocycles. The van der Waals surface area contributed by atoms with E-state index in [1.165, 1.54) is 18.1 Å². The van der Waals surface area contributed by atoms with Crippen LogP contribution in [0, 0.1) is 0 Å². The first-order valence-electron chi connectivity index (χ1n) is 5.69. The van der Waals surface area contributed by atoms with Gasteiger partial charge in [0.1, 0.15) is 5.75 Å². The average Bonchev–Trinajstić information content (AvgIpc) is 2.27. The molecule has 0 aliphatic carbocycles. The van der Waals surface area contributed by atoms with Gasteiger partial charge >= 0.3 is 5.97 Å². The van der Waals surface area contributed by atoms with Gasteiger partial charge in [-0.1, -0.05) is 6.07 Å². The Hall–Kier alpha value is -1.88. The zero-order valence-corrected chi connectivity index (χ0v) is 10.5. The number of hydrogen-bond acceptors (Lipinski definition) is 4. The summed E-state index contributed by atoms with van der Waals surface area (Å²) in [5, 5.41) is 10.7. The molecule has 0 saturated carbocycles. The Bertz CT molecular complexity index is 439. The van der Waals surface area contributed by atoms with Crippen LogP contribution in [0.4, 0.5) is 0 Å². The smallest absolute Gasteiger partial charge is 0.308 e. The number of aliphatic carboxylic acids is 1. The van der Waals surface area contributed by atoms with E-state index in [1.807, 2.05) is 18.2 Å². The third-order valence-corrected chi connectivity index (χ3v) is 2.33. The van der Waals surface area contributed by atoms with Crippen molar-refractivity contribution >= 4 is 11.9 Å². The van der Waals surface area contributed by atoms with E-state index >= 15 is 0 Å². The summed E-state index contributed by atoms with van der Waals surface area (Å²) in [6, 6.07) is 5.82. The predicted molar refractivity (Wildman–Crippen MR) is 66.5 cm³/mol. The molecule has 0 spiro atoms. The van der Waals surface area contributed by atoms with Crippen LogP contribution in [0.5, 0.6) is 5.75 Å². The summed E-state index contributed by atoms with van der Waals surface area (Å²) in [6.45, 7) is 4.39. The van der Waals surface area contributed by atoms with Gasteiger partial charge in [0.15, 0.2) is 0 Å². The van der Waals surface area contributed by atoms with Crippen molar-refractivity contribution in [1.82, 2.24) is 5.32 Å². The minimum atomic E-state index is -0.833. The van der Waals surface area contributed by atoms with Crippen molar-refractivity contribution in [3.05, 3.63) is 29.3 Å². The number of hydrogen-bond donors (Lipinski definition) is 2. The first kappa shape index (κ1) is 14.2. The molecule has 1 aliphatic rings. The van der Waals surface area contributed by atoms with Gasteiger partial charge in [0.25, 0.3) is 5.97 Å². The van der Waals surface area contributed by atoms with Crippen LogP contribution in [0.3, 0.4) is 0 Å². The Morgan fingerprint density at radius 2 is 1.94 bits per heavy atom. The number of rotatable bonds is 1. The molecule has 0 atom stereocenters. The summed E-state index contributed by atoms with van der Waals surface area (Å²) in [6.07, 6.45) is 1.05. The highest BCUT2D eigenvalue weighted by molar-refractivity contribution is 5.69. The van der Waals surface area contributed by atoms with E-state index in [4.69, 9.17) is 14.6 Å². The molecule has 1 aromatic rings. The second-order valence-electron chi connectivity index (χ2n) is 3.97. The van der Waals surface area contributed by atoms with Crippen LogP contribution in [-0.4, -0.2) is 23.6 Å². The second kappa shape index (κ2) is 6.76. The fourth-order valence-electron chi connectivity index (χ4n) is 1.69. The lowest BCUT2D eigenvalue weighted by Gasteiger charge is -2.17. The lowest BCUT2D eigenvalue weighted by molar-refractivity contribution is -0.134. The molecule has 0 aromatic heterocycles. The van der Waals surface area contributed by atoms with Crippen LogP contribution in [0.25, 0.3) is 0 Å². The Balaban J connectivity index is 0.000000357. The molecule has 0 fully saturated rings. The summed E-state index contributed by atoms with van der Waals surface area (Å²) >= 11 is 0. The third-order valence-electron chi connectivity index (χ3n) is 2.33.